The van der Waals surface area contributed by atoms with Crippen molar-refractivity contribution in [1.82, 2.24) is 9.97 Å². The van der Waals surface area contributed by atoms with Crippen molar-refractivity contribution < 1.29 is 26.8 Å². The van der Waals surface area contributed by atoms with E-state index in [1.165, 1.54) is 31.2 Å². The molecule has 182 valence electrons. The van der Waals surface area contributed by atoms with Crippen LogP contribution in [-0.4, -0.2) is 48.3 Å². The standard InChI is InChI=1S/C14H9N3O2.C8H10AsNO5.ClH/c18-17(19)12-5-1-3-11(9-12)14-13-10(6-8-16-14)4-2-7-15-13;1-5(11)10-6-3-2-4-7(12)8(6)9(13,14)15;/h1-9H;2-4,12H,1H3,(H,10,11)(H2,13,14,15);1H. The quantitative estimate of drug-likeness (QED) is 0.165. The van der Waals surface area contributed by atoms with E-state index >= 15 is 0 Å². The summed E-state index contributed by atoms with van der Waals surface area (Å²) < 4.78 is 28.6. The van der Waals surface area contributed by atoms with Crippen LogP contribution in [0.5, 0.6) is 5.75 Å². The number of rotatable bonds is 4. The average Bonchev–Trinajstić information content (AvgIpc) is 2.78. The molecule has 0 spiro atoms. The average molecular weight is 563 g/mol. The molecule has 35 heavy (non-hydrogen) atoms. The minimum atomic E-state index is -5.25. The zero-order valence-corrected chi connectivity index (χ0v) is 20.8. The second-order valence-electron chi connectivity index (χ2n) is 6.94. The molecule has 2 aromatic heterocycles. The molecule has 0 unspecified atom stereocenters. The second-order valence-corrected chi connectivity index (χ2v) is 10.2. The smallest absolute Gasteiger partial charge is 0.258 e. The number of carbonyl (C=O) groups is 1. The van der Waals surface area contributed by atoms with Gasteiger partial charge in [0.1, 0.15) is 0 Å². The Labute approximate surface area is 208 Å². The molecule has 0 fully saturated rings. The third-order valence-corrected chi connectivity index (χ3v) is 6.68. The van der Waals surface area contributed by atoms with Crippen LogP contribution in [-0.2, 0) is 8.53 Å². The van der Waals surface area contributed by atoms with Crippen molar-refractivity contribution in [3.05, 3.63) is 83.2 Å². The first-order chi connectivity index (χ1) is 16.1. The maximum absolute atomic E-state index is 11.1. The number of nitro groups is 1. The minimum Gasteiger partial charge on any atom is -0.258 e. The fourth-order valence-electron chi connectivity index (χ4n) is 3.11. The van der Waals surface area contributed by atoms with Gasteiger partial charge in [0, 0.05) is 35.5 Å². The number of hydrogen-bond acceptors (Lipinski definition) is 7. The Morgan fingerprint density at radius 1 is 1.03 bits per heavy atom. The molecule has 4 aromatic rings. The van der Waals surface area contributed by atoms with Crippen molar-refractivity contribution in [2.75, 3.05) is 5.32 Å². The number of aromatic hydroxyl groups is 1. The molecule has 4 N–H and O–H groups in total. The third kappa shape index (κ3) is 6.87. The number of hydrogen-bond donors (Lipinski definition) is 4. The molecule has 0 aliphatic carbocycles. The Bertz CT molecular complexity index is 1420. The molecule has 4 rings (SSSR count). The van der Waals surface area contributed by atoms with Crippen LogP contribution < -0.4 is 9.67 Å². The SMILES string of the molecule is CC(=O)Nc1cccc(O)c1[As](=O)(O)O.Cl.O=[N+]([O-])c1cccc(-c2nccc3cccnc23)c1. The van der Waals surface area contributed by atoms with Crippen LogP contribution in [0, 0.1) is 10.1 Å². The van der Waals surface area contributed by atoms with E-state index < -0.39 is 35.1 Å². The van der Waals surface area contributed by atoms with Crippen molar-refractivity contribution in [2.45, 2.75) is 6.92 Å². The van der Waals surface area contributed by atoms with Crippen LogP contribution >= 0.6 is 12.4 Å². The molecule has 11 nitrogen and oxygen atoms in total. The summed E-state index contributed by atoms with van der Waals surface area (Å²) in [7, 11) is 0. The summed E-state index contributed by atoms with van der Waals surface area (Å²) >= 11 is -5.25. The number of pyridine rings is 2. The molecule has 2 heterocycles. The van der Waals surface area contributed by atoms with Crippen LogP contribution in [0.3, 0.4) is 0 Å². The van der Waals surface area contributed by atoms with Crippen molar-refractivity contribution in [3.8, 4) is 17.0 Å². The summed E-state index contributed by atoms with van der Waals surface area (Å²) in [5, 5.41) is 23.3. The van der Waals surface area contributed by atoms with Crippen LogP contribution in [0.25, 0.3) is 22.2 Å². The summed E-state index contributed by atoms with van der Waals surface area (Å²) in [6.07, 6.45) is 3.36. The van der Waals surface area contributed by atoms with Gasteiger partial charge in [0.15, 0.2) is 0 Å². The van der Waals surface area contributed by atoms with Gasteiger partial charge in [-0.25, -0.2) is 0 Å². The number of phenolic OH excluding ortho intramolecular Hbond substituents is 1. The Hall–Kier alpha value is -3.76. The summed E-state index contributed by atoms with van der Waals surface area (Å²) in [6, 6.07) is 15.9. The Morgan fingerprint density at radius 2 is 1.74 bits per heavy atom. The number of phenols is 1. The summed E-state index contributed by atoms with van der Waals surface area (Å²) in [5.74, 6) is -0.987. The largest absolute Gasteiger partial charge is 0.270 e. The van der Waals surface area contributed by atoms with Gasteiger partial charge < -0.3 is 0 Å². The van der Waals surface area contributed by atoms with E-state index in [0.29, 0.717) is 11.3 Å². The Kier molecular flexibility index (Phi) is 9.10. The summed E-state index contributed by atoms with van der Waals surface area (Å²) in [6.45, 7) is 1.21. The molecular formula is C22H20AsClN4O7. The first-order valence-corrected chi connectivity index (χ1v) is 13.1. The molecule has 0 aliphatic heterocycles. The number of aromatic nitrogens is 2. The molecule has 2 aromatic carbocycles. The summed E-state index contributed by atoms with van der Waals surface area (Å²) in [4.78, 5) is 29.8. The number of carbonyl (C=O) groups excluding carboxylic acids is 1. The zero-order chi connectivity index (χ0) is 24.9. The van der Waals surface area contributed by atoms with E-state index in [4.69, 9.17) is 8.19 Å². The van der Waals surface area contributed by atoms with Gasteiger partial charge >= 0.3 is 88.1 Å². The van der Waals surface area contributed by atoms with Gasteiger partial charge in [0.05, 0.1) is 16.1 Å². The van der Waals surface area contributed by atoms with Gasteiger partial charge in [-0.15, -0.1) is 12.4 Å². The number of nitrogens with one attached hydrogen (secondary N) is 1. The van der Waals surface area contributed by atoms with E-state index in [-0.39, 0.29) is 23.8 Å². The second kappa shape index (κ2) is 11.6. The number of benzene rings is 2. The number of fused-ring (bicyclic) bond motifs is 1. The molecular weight excluding hydrogens is 543 g/mol. The van der Waals surface area contributed by atoms with Gasteiger partial charge in [0.25, 0.3) is 5.69 Å². The number of nitrogens with zero attached hydrogens (tertiary/aromatic N) is 3. The molecule has 1 amide bonds. The van der Waals surface area contributed by atoms with Crippen LogP contribution in [0.2, 0.25) is 0 Å². The Morgan fingerprint density at radius 3 is 2.40 bits per heavy atom. The maximum atomic E-state index is 11.1. The normalized spacial score (nSPS) is 10.5. The Balaban J connectivity index is 0.000000247. The number of anilines is 1. The first-order valence-electron chi connectivity index (χ1n) is 9.68. The van der Waals surface area contributed by atoms with Crippen molar-refractivity contribution >= 4 is 59.1 Å². The van der Waals surface area contributed by atoms with Crippen molar-refractivity contribution in [3.63, 3.8) is 0 Å². The van der Waals surface area contributed by atoms with E-state index in [2.05, 4.69) is 15.3 Å². The predicted molar refractivity (Wildman–Crippen MR) is 132 cm³/mol. The maximum Gasteiger partial charge on any atom is 0.270 e. The first kappa shape index (κ1) is 27.5. The van der Waals surface area contributed by atoms with Gasteiger partial charge in [-0.05, 0) is 12.1 Å². The van der Waals surface area contributed by atoms with Gasteiger partial charge in [-0.1, -0.05) is 18.2 Å². The van der Waals surface area contributed by atoms with Gasteiger partial charge in [0.2, 0.25) is 0 Å². The molecule has 0 aliphatic rings. The molecule has 0 radical (unpaired) electrons. The van der Waals surface area contributed by atoms with Crippen LogP contribution in [0.15, 0.2) is 73.1 Å². The van der Waals surface area contributed by atoms with E-state index in [0.717, 1.165) is 17.0 Å². The zero-order valence-electron chi connectivity index (χ0n) is 18.1. The molecule has 0 saturated carbocycles. The summed E-state index contributed by atoms with van der Waals surface area (Å²) in [5.41, 5.74) is 2.08. The number of halogens is 1. The van der Waals surface area contributed by atoms with E-state index in [9.17, 15) is 23.8 Å². The predicted octanol–water partition coefficient (Wildman–Crippen LogP) is 2.54. The number of nitro benzene ring substituents is 1. The molecule has 0 bridgehead atoms. The monoisotopic (exact) mass is 562 g/mol. The number of amides is 1. The fraction of sp³-hybridized carbons (Fsp3) is 0.0455. The van der Waals surface area contributed by atoms with Gasteiger partial charge in [-0.2, -0.15) is 0 Å². The van der Waals surface area contributed by atoms with Crippen LogP contribution in [0.1, 0.15) is 6.92 Å². The van der Waals surface area contributed by atoms with Crippen molar-refractivity contribution in [1.29, 1.82) is 0 Å². The number of non-ortho nitro benzene ring substituents is 1. The van der Waals surface area contributed by atoms with Crippen molar-refractivity contribution in [2.24, 2.45) is 0 Å². The van der Waals surface area contributed by atoms with Gasteiger partial charge in [-0.3, -0.25) is 20.1 Å². The van der Waals surface area contributed by atoms with E-state index in [1.807, 2.05) is 18.2 Å². The third-order valence-electron chi connectivity index (χ3n) is 4.47. The fourth-order valence-corrected chi connectivity index (χ4v) is 4.82. The minimum absolute atomic E-state index is 0. The molecule has 0 saturated heterocycles. The molecule has 13 heteroatoms. The molecule has 0 atom stereocenters. The van der Waals surface area contributed by atoms with E-state index in [1.54, 1.807) is 24.5 Å². The topological polar surface area (TPSA) is 176 Å². The van der Waals surface area contributed by atoms with Crippen LogP contribution in [0.4, 0.5) is 11.4 Å².